The average molecular weight is 615 g/mol. The number of aliphatic hydroxyl groups excluding tert-OH is 1. The van der Waals surface area contributed by atoms with Crippen molar-refractivity contribution < 1.29 is 28.8 Å². The second-order valence-electron chi connectivity index (χ2n) is 13.3. The minimum Gasteiger partial charge on any atom is -0.389 e. The van der Waals surface area contributed by atoms with Crippen molar-refractivity contribution in [2.45, 2.75) is 140 Å². The van der Waals surface area contributed by atoms with Crippen molar-refractivity contribution in [2.75, 3.05) is 37.9 Å². The molecule has 0 aromatic carbocycles. The van der Waals surface area contributed by atoms with Gasteiger partial charge in [-0.05, 0) is 70.1 Å². The molecule has 41 heavy (non-hydrogen) atoms. The van der Waals surface area contributed by atoms with Crippen LogP contribution in [0, 0.1) is 17.3 Å². The van der Waals surface area contributed by atoms with Crippen LogP contribution in [0.3, 0.4) is 0 Å². The molecule has 4 aliphatic heterocycles. The van der Waals surface area contributed by atoms with Crippen LogP contribution in [0.25, 0.3) is 0 Å². The smallest absolute Gasteiger partial charge is 0.171 e. The van der Waals surface area contributed by atoms with E-state index in [2.05, 4.69) is 56.4 Å². The predicted molar refractivity (Wildman–Crippen MR) is 170 cm³/mol. The summed E-state index contributed by atoms with van der Waals surface area (Å²) in [5, 5.41) is 10.3. The molecule has 0 aromatic heterocycles. The van der Waals surface area contributed by atoms with E-state index >= 15 is 0 Å². The summed E-state index contributed by atoms with van der Waals surface area (Å²) in [6, 6.07) is 0. The van der Waals surface area contributed by atoms with Crippen molar-refractivity contribution in [3.05, 3.63) is 12.2 Å². The number of allylic oxidation sites excluding steroid dienone is 1. The zero-order valence-electron chi connectivity index (χ0n) is 26.1. The fourth-order valence-corrected chi connectivity index (χ4v) is 9.35. The van der Waals surface area contributed by atoms with Crippen LogP contribution in [-0.4, -0.2) is 72.1 Å². The van der Waals surface area contributed by atoms with Gasteiger partial charge in [-0.3, -0.25) is 0 Å². The van der Waals surface area contributed by atoms with Gasteiger partial charge in [0.1, 0.15) is 0 Å². The van der Waals surface area contributed by atoms with Crippen LogP contribution >= 0.6 is 23.5 Å². The number of unbranched alkanes of at least 4 members (excludes halogenated alkanes) is 2. The number of thioether (sulfide) groups is 2. The summed E-state index contributed by atoms with van der Waals surface area (Å²) in [6.45, 7) is 9.91. The van der Waals surface area contributed by atoms with Crippen molar-refractivity contribution >= 4 is 23.5 Å². The number of hydrogen-bond acceptors (Lipinski definition) is 8. The summed E-state index contributed by atoms with van der Waals surface area (Å²) in [5.74, 6) is 3.05. The minimum absolute atomic E-state index is 0.00292. The van der Waals surface area contributed by atoms with E-state index in [1.807, 2.05) is 0 Å². The van der Waals surface area contributed by atoms with Gasteiger partial charge in [0, 0.05) is 42.5 Å². The molecule has 5 aliphatic rings. The standard InChI is InChI=1S/C23H40O3S2.C10H18O3/c1-4-5-6-7-19(24)9-8-18-12-13-23(25-16-22(2,3)17-26-23)20(18)10-11-21-27-14-15-28-21;1-3-7-11-9(5-1)13-10-6-2-4-8-12-10/h8-9,18-21,24H,4-7,10-17H2,1-3H3;9-10H,1-8H2. The highest BCUT2D eigenvalue weighted by Crippen LogP contribution is 2.51. The van der Waals surface area contributed by atoms with Gasteiger partial charge in [-0.25, -0.2) is 0 Å². The molecule has 0 amide bonds. The SMILES string of the molecule is C1CCC(OC2CCCCO2)OC1.CCCCCC(O)C=CC1CCC2(OCC(C)(C)CO2)C1CCC1SCCS1. The van der Waals surface area contributed by atoms with Crippen molar-refractivity contribution in [3.63, 3.8) is 0 Å². The first-order valence-electron chi connectivity index (χ1n) is 16.7. The molecular weight excluding hydrogens is 556 g/mol. The molecule has 1 spiro atoms. The van der Waals surface area contributed by atoms with E-state index in [9.17, 15) is 5.11 Å². The third-order valence-corrected chi connectivity index (χ3v) is 12.2. The second-order valence-corrected chi connectivity index (χ2v) is 16.2. The van der Waals surface area contributed by atoms with Gasteiger partial charge in [0.15, 0.2) is 18.4 Å². The third-order valence-electron chi connectivity index (χ3n) is 8.99. The molecule has 5 unspecified atom stereocenters. The maximum Gasteiger partial charge on any atom is 0.171 e. The molecule has 1 aliphatic carbocycles. The topological polar surface area (TPSA) is 66.4 Å². The summed E-state index contributed by atoms with van der Waals surface area (Å²) in [7, 11) is 0. The second kappa shape index (κ2) is 17.6. The molecule has 0 bridgehead atoms. The van der Waals surface area contributed by atoms with Crippen LogP contribution in [0.1, 0.15) is 111 Å². The molecule has 1 saturated carbocycles. The Balaban J connectivity index is 0.000000247. The average Bonchev–Trinajstić information content (AvgIpc) is 3.62. The zero-order valence-corrected chi connectivity index (χ0v) is 27.7. The molecular formula is C33H58O6S2. The van der Waals surface area contributed by atoms with Crippen molar-refractivity contribution in [1.29, 1.82) is 0 Å². The van der Waals surface area contributed by atoms with E-state index < -0.39 is 5.79 Å². The van der Waals surface area contributed by atoms with Crippen molar-refractivity contribution in [3.8, 4) is 0 Å². The molecule has 0 radical (unpaired) electrons. The molecule has 5 rings (SSSR count). The Labute approximate surface area is 258 Å². The van der Waals surface area contributed by atoms with E-state index in [4.69, 9.17) is 23.7 Å². The Morgan fingerprint density at radius 2 is 1.56 bits per heavy atom. The first-order chi connectivity index (χ1) is 19.9. The summed E-state index contributed by atoms with van der Waals surface area (Å²) in [4.78, 5) is 0. The summed E-state index contributed by atoms with van der Waals surface area (Å²) < 4.78 is 30.3. The Morgan fingerprint density at radius 1 is 0.902 bits per heavy atom. The largest absolute Gasteiger partial charge is 0.389 e. The highest BCUT2D eigenvalue weighted by molar-refractivity contribution is 8.20. The number of rotatable bonds is 11. The maximum absolute atomic E-state index is 10.3. The van der Waals surface area contributed by atoms with Gasteiger partial charge in [0.2, 0.25) is 0 Å². The van der Waals surface area contributed by atoms with Crippen LogP contribution < -0.4 is 0 Å². The van der Waals surface area contributed by atoms with E-state index in [-0.39, 0.29) is 24.1 Å². The number of ether oxygens (including phenoxy) is 5. The molecule has 6 nitrogen and oxygen atoms in total. The quantitative estimate of drug-likeness (QED) is 0.186. The molecule has 0 aromatic rings. The van der Waals surface area contributed by atoms with Crippen LogP contribution in [-0.2, 0) is 23.7 Å². The van der Waals surface area contributed by atoms with E-state index in [1.165, 1.54) is 56.5 Å². The van der Waals surface area contributed by atoms with Crippen LogP contribution in [0.15, 0.2) is 12.2 Å². The number of hydrogen-bond donors (Lipinski definition) is 1. The fraction of sp³-hybridized carbons (Fsp3) is 0.939. The lowest BCUT2D eigenvalue weighted by Crippen LogP contribution is -2.50. The monoisotopic (exact) mass is 614 g/mol. The lowest BCUT2D eigenvalue weighted by molar-refractivity contribution is -0.316. The molecule has 5 fully saturated rings. The van der Waals surface area contributed by atoms with Gasteiger partial charge in [0.05, 0.1) is 23.9 Å². The normalized spacial score (nSPS) is 32.7. The van der Waals surface area contributed by atoms with Crippen molar-refractivity contribution in [2.24, 2.45) is 17.3 Å². The Kier molecular flexibility index (Phi) is 14.7. The van der Waals surface area contributed by atoms with Gasteiger partial charge in [-0.1, -0.05) is 52.2 Å². The van der Waals surface area contributed by atoms with E-state index in [1.54, 1.807) is 0 Å². The molecule has 5 atom stereocenters. The summed E-state index contributed by atoms with van der Waals surface area (Å²) in [5.41, 5.74) is 0.107. The first-order valence-corrected chi connectivity index (χ1v) is 18.7. The molecule has 4 heterocycles. The molecule has 8 heteroatoms. The lowest BCUT2D eigenvalue weighted by atomic mass is 9.86. The third kappa shape index (κ3) is 11.3. The van der Waals surface area contributed by atoms with Crippen molar-refractivity contribution in [1.82, 2.24) is 0 Å². The highest BCUT2D eigenvalue weighted by atomic mass is 32.2. The van der Waals surface area contributed by atoms with Gasteiger partial charge in [-0.15, -0.1) is 23.5 Å². The Hall–Kier alpha value is 0.200. The fourth-order valence-electron chi connectivity index (χ4n) is 6.49. The Morgan fingerprint density at radius 3 is 2.15 bits per heavy atom. The van der Waals surface area contributed by atoms with Gasteiger partial charge < -0.3 is 28.8 Å². The molecule has 1 N–H and O–H groups in total. The van der Waals surface area contributed by atoms with Crippen LogP contribution in [0.5, 0.6) is 0 Å². The van der Waals surface area contributed by atoms with Crippen LogP contribution in [0.2, 0.25) is 0 Å². The molecule has 4 saturated heterocycles. The summed E-state index contributed by atoms with van der Waals surface area (Å²) in [6.07, 6.45) is 19.7. The lowest BCUT2D eigenvalue weighted by Gasteiger charge is -2.45. The summed E-state index contributed by atoms with van der Waals surface area (Å²) >= 11 is 4.23. The first kappa shape index (κ1) is 34.1. The number of aliphatic hydroxyl groups is 1. The predicted octanol–water partition coefficient (Wildman–Crippen LogP) is 7.92. The zero-order chi connectivity index (χ0) is 29.0. The van der Waals surface area contributed by atoms with E-state index in [0.29, 0.717) is 11.8 Å². The highest BCUT2D eigenvalue weighted by Gasteiger charge is 2.52. The van der Waals surface area contributed by atoms with Gasteiger partial charge >= 0.3 is 0 Å². The minimum atomic E-state index is -0.397. The molecule has 238 valence electrons. The van der Waals surface area contributed by atoms with Crippen LogP contribution in [0.4, 0.5) is 0 Å². The van der Waals surface area contributed by atoms with Gasteiger partial charge in [0.25, 0.3) is 0 Å². The Bertz CT molecular complexity index is 720. The van der Waals surface area contributed by atoms with Gasteiger partial charge in [-0.2, -0.15) is 0 Å². The maximum atomic E-state index is 10.3. The van der Waals surface area contributed by atoms with E-state index in [0.717, 1.165) is 76.0 Å².